The van der Waals surface area contributed by atoms with E-state index in [4.69, 9.17) is 9.47 Å². The lowest BCUT2D eigenvalue weighted by Crippen LogP contribution is -2.47. The van der Waals surface area contributed by atoms with Crippen LogP contribution in [-0.2, 0) is 44.2 Å². The molecule has 0 unspecified atom stereocenters. The van der Waals surface area contributed by atoms with Gasteiger partial charge in [-0.3, -0.25) is 14.5 Å². The van der Waals surface area contributed by atoms with E-state index < -0.39 is 17.8 Å². The topological polar surface area (TPSA) is 99.6 Å². The van der Waals surface area contributed by atoms with Crippen LogP contribution in [0.1, 0.15) is 42.0 Å². The molecular weight excluding hydrogens is 546 g/mol. The predicted molar refractivity (Wildman–Crippen MR) is 159 cm³/mol. The molecule has 4 aliphatic rings. The molecule has 0 saturated carbocycles. The van der Waals surface area contributed by atoms with Gasteiger partial charge in [-0.2, -0.15) is 0 Å². The lowest BCUT2D eigenvalue weighted by Gasteiger charge is -2.36. The van der Waals surface area contributed by atoms with E-state index in [1.54, 1.807) is 14.7 Å². The van der Waals surface area contributed by atoms with E-state index in [0.717, 1.165) is 22.4 Å². The molecule has 0 aliphatic carbocycles. The number of aliphatic hydroxyl groups is 1. The third-order valence-electron chi connectivity index (χ3n) is 9.44. The molecule has 0 bridgehead atoms. The maximum Gasteiger partial charge on any atom is 0.414 e. The molecule has 9 heteroatoms. The first-order valence-electron chi connectivity index (χ1n) is 15.0. The van der Waals surface area contributed by atoms with E-state index in [1.165, 1.54) is 0 Å². The SMILES string of the molecule is C[C@H]1C[C@@H](CC(=O)N2Cc3ccccc3C[C@H]2CO)O[C@]12C(=O)N(Cc1ccccc1)c1ccc(N3CCOC3=O)cc12. The predicted octanol–water partition coefficient (Wildman–Crippen LogP) is 4.15. The summed E-state index contributed by atoms with van der Waals surface area (Å²) in [7, 11) is 0. The second-order valence-corrected chi connectivity index (χ2v) is 12.0. The molecule has 7 rings (SSSR count). The zero-order valence-corrected chi connectivity index (χ0v) is 24.1. The van der Waals surface area contributed by atoms with Crippen LogP contribution < -0.4 is 9.80 Å². The Labute approximate surface area is 250 Å². The van der Waals surface area contributed by atoms with E-state index >= 15 is 0 Å². The van der Waals surface area contributed by atoms with Crippen LogP contribution in [0.4, 0.5) is 16.2 Å². The van der Waals surface area contributed by atoms with E-state index in [2.05, 4.69) is 0 Å². The number of hydrogen-bond acceptors (Lipinski definition) is 6. The highest BCUT2D eigenvalue weighted by Crippen LogP contribution is 2.54. The van der Waals surface area contributed by atoms with Crippen LogP contribution in [0.3, 0.4) is 0 Å². The molecule has 2 fully saturated rings. The number of carbonyl (C=O) groups excluding carboxylic acids is 3. The minimum absolute atomic E-state index is 0.0943. The number of cyclic esters (lactones) is 1. The fraction of sp³-hybridized carbons (Fsp3) is 0.382. The lowest BCUT2D eigenvalue weighted by atomic mass is 9.82. The number of hydrogen-bond donors (Lipinski definition) is 1. The molecule has 222 valence electrons. The summed E-state index contributed by atoms with van der Waals surface area (Å²) in [6, 6.07) is 23.1. The molecule has 0 aromatic heterocycles. The van der Waals surface area contributed by atoms with Gasteiger partial charge in [-0.05, 0) is 47.7 Å². The average Bonchev–Trinajstić information content (AvgIpc) is 3.67. The van der Waals surface area contributed by atoms with Crippen molar-refractivity contribution in [2.24, 2.45) is 5.92 Å². The van der Waals surface area contributed by atoms with Gasteiger partial charge in [0.1, 0.15) is 6.61 Å². The normalized spacial score (nSPS) is 26.2. The van der Waals surface area contributed by atoms with E-state index in [0.29, 0.717) is 50.3 Å². The summed E-state index contributed by atoms with van der Waals surface area (Å²) in [5.74, 6) is -0.466. The number of carbonyl (C=O) groups is 3. The van der Waals surface area contributed by atoms with Crippen molar-refractivity contribution >= 4 is 29.3 Å². The van der Waals surface area contributed by atoms with Crippen LogP contribution >= 0.6 is 0 Å². The average molecular weight is 582 g/mol. The summed E-state index contributed by atoms with van der Waals surface area (Å²) in [4.78, 5) is 45.7. The second-order valence-electron chi connectivity index (χ2n) is 12.0. The third-order valence-corrected chi connectivity index (χ3v) is 9.44. The summed E-state index contributed by atoms with van der Waals surface area (Å²) in [6.07, 6.45) is 0.356. The molecule has 4 aliphatic heterocycles. The van der Waals surface area contributed by atoms with Crippen molar-refractivity contribution in [3.05, 3.63) is 95.1 Å². The third kappa shape index (κ3) is 4.58. The summed E-state index contributed by atoms with van der Waals surface area (Å²) in [5, 5.41) is 10.1. The molecule has 3 aromatic rings. The summed E-state index contributed by atoms with van der Waals surface area (Å²) >= 11 is 0. The van der Waals surface area contributed by atoms with Crippen molar-refractivity contribution in [2.45, 2.75) is 57.0 Å². The smallest absolute Gasteiger partial charge is 0.414 e. The lowest BCUT2D eigenvalue weighted by molar-refractivity contribution is -0.151. The number of nitrogens with zero attached hydrogens (tertiary/aromatic N) is 3. The fourth-order valence-corrected chi connectivity index (χ4v) is 7.26. The van der Waals surface area contributed by atoms with Crippen molar-refractivity contribution in [3.63, 3.8) is 0 Å². The molecule has 1 N–H and O–H groups in total. The van der Waals surface area contributed by atoms with Crippen LogP contribution in [-0.4, -0.2) is 59.8 Å². The Balaban J connectivity index is 1.19. The minimum Gasteiger partial charge on any atom is -0.447 e. The van der Waals surface area contributed by atoms with Crippen molar-refractivity contribution in [1.82, 2.24) is 4.90 Å². The largest absolute Gasteiger partial charge is 0.447 e. The number of rotatable bonds is 6. The van der Waals surface area contributed by atoms with Crippen molar-refractivity contribution in [3.8, 4) is 0 Å². The van der Waals surface area contributed by atoms with Crippen LogP contribution in [0.2, 0.25) is 0 Å². The number of amides is 3. The Bertz CT molecular complexity index is 1580. The molecule has 1 spiro atoms. The highest BCUT2D eigenvalue weighted by molar-refractivity contribution is 6.08. The quantitative estimate of drug-likeness (QED) is 0.470. The standard InChI is InChI=1S/C34H35N3O6/c1-22-15-28(18-31(39)36-20-25-10-6-5-9-24(25)16-27(36)21-38)43-34(22)29-17-26(35-13-14-42-33(35)41)11-12-30(29)37(32(34)40)19-23-7-3-2-4-8-23/h2-12,17,22,27-28,38H,13-16,18-21H2,1H3/t22-,27-,28-,34+/m0/s1. The van der Waals surface area contributed by atoms with E-state index in [-0.39, 0.29) is 36.8 Å². The Morgan fingerprint density at radius 3 is 2.53 bits per heavy atom. The molecule has 3 amide bonds. The highest BCUT2D eigenvalue weighted by atomic mass is 16.6. The molecule has 4 atom stereocenters. The van der Waals surface area contributed by atoms with Gasteiger partial charge in [0.2, 0.25) is 5.91 Å². The van der Waals surface area contributed by atoms with Crippen molar-refractivity contribution < 1.29 is 29.0 Å². The van der Waals surface area contributed by atoms with Gasteiger partial charge < -0.3 is 24.4 Å². The highest BCUT2D eigenvalue weighted by Gasteiger charge is 2.60. The van der Waals surface area contributed by atoms with Gasteiger partial charge in [0, 0.05) is 23.7 Å². The van der Waals surface area contributed by atoms with Gasteiger partial charge in [0.05, 0.1) is 44.0 Å². The molecule has 43 heavy (non-hydrogen) atoms. The summed E-state index contributed by atoms with van der Waals surface area (Å²) in [5.41, 5.74) is 4.07. The van der Waals surface area contributed by atoms with Crippen LogP contribution in [0.5, 0.6) is 0 Å². The van der Waals surface area contributed by atoms with Gasteiger partial charge in [-0.15, -0.1) is 0 Å². The zero-order chi connectivity index (χ0) is 29.7. The Kier molecular flexibility index (Phi) is 6.94. The van der Waals surface area contributed by atoms with Crippen molar-refractivity contribution in [1.29, 1.82) is 0 Å². The number of benzene rings is 3. The van der Waals surface area contributed by atoms with E-state index in [1.807, 2.05) is 79.7 Å². The first-order valence-corrected chi connectivity index (χ1v) is 15.0. The summed E-state index contributed by atoms with van der Waals surface area (Å²) < 4.78 is 11.9. The molecular formula is C34H35N3O6. The second kappa shape index (κ2) is 10.8. The van der Waals surface area contributed by atoms with Gasteiger partial charge in [0.25, 0.3) is 5.91 Å². The number of ether oxygens (including phenoxy) is 2. The minimum atomic E-state index is -1.28. The maximum atomic E-state index is 14.4. The molecule has 2 saturated heterocycles. The number of fused-ring (bicyclic) bond motifs is 3. The van der Waals surface area contributed by atoms with Crippen LogP contribution in [0.15, 0.2) is 72.8 Å². The van der Waals surface area contributed by atoms with Crippen LogP contribution in [0.25, 0.3) is 0 Å². The Hall–Kier alpha value is -4.21. The van der Waals surface area contributed by atoms with Gasteiger partial charge in [-0.1, -0.05) is 61.5 Å². The zero-order valence-electron chi connectivity index (χ0n) is 24.1. The first-order chi connectivity index (χ1) is 20.9. The summed E-state index contributed by atoms with van der Waals surface area (Å²) in [6.45, 7) is 3.45. The Morgan fingerprint density at radius 1 is 1.02 bits per heavy atom. The molecule has 3 aromatic carbocycles. The maximum absolute atomic E-state index is 14.4. The molecule has 0 radical (unpaired) electrons. The number of aliphatic hydroxyl groups excluding tert-OH is 1. The number of anilines is 2. The van der Waals surface area contributed by atoms with E-state index in [9.17, 15) is 19.5 Å². The van der Waals surface area contributed by atoms with Gasteiger partial charge in [0.15, 0.2) is 5.60 Å². The molecule has 4 heterocycles. The molecule has 9 nitrogen and oxygen atoms in total. The van der Waals surface area contributed by atoms with Gasteiger partial charge >= 0.3 is 6.09 Å². The van der Waals surface area contributed by atoms with Gasteiger partial charge in [-0.25, -0.2) is 4.79 Å². The first kappa shape index (κ1) is 27.6. The monoisotopic (exact) mass is 581 g/mol. The Morgan fingerprint density at radius 2 is 1.79 bits per heavy atom. The fourth-order valence-electron chi connectivity index (χ4n) is 7.26. The van der Waals surface area contributed by atoms with Crippen LogP contribution in [0, 0.1) is 5.92 Å². The van der Waals surface area contributed by atoms with Crippen molar-refractivity contribution in [2.75, 3.05) is 29.6 Å².